The number of aryl methyl sites for hydroxylation is 1. The van der Waals surface area contributed by atoms with Gasteiger partial charge in [0.1, 0.15) is 0 Å². The van der Waals surface area contributed by atoms with Gasteiger partial charge < -0.3 is 20.7 Å². The lowest BCUT2D eigenvalue weighted by atomic mass is 9.86. The van der Waals surface area contributed by atoms with Gasteiger partial charge in [0.2, 0.25) is 10.0 Å². The van der Waals surface area contributed by atoms with Crippen molar-refractivity contribution in [3.05, 3.63) is 82.8 Å². The number of hydrogen-bond donors (Lipinski definition) is 4. The van der Waals surface area contributed by atoms with Crippen molar-refractivity contribution in [3.63, 3.8) is 0 Å². The largest absolute Gasteiger partial charge is 0.492 e. The van der Waals surface area contributed by atoms with Gasteiger partial charge in [0.05, 0.1) is 36.1 Å². The minimum Gasteiger partial charge on any atom is -0.492 e. The van der Waals surface area contributed by atoms with E-state index >= 15 is 0 Å². The molecule has 1 heterocycles. The molecular formula is C31H43N7O4S. The summed E-state index contributed by atoms with van der Waals surface area (Å²) in [6.07, 6.45) is 5.18. The molecule has 3 rings (SSSR count). The van der Waals surface area contributed by atoms with Gasteiger partial charge in [-0.15, -0.1) is 0 Å². The predicted octanol–water partition coefficient (Wildman–Crippen LogP) is 4.06. The molecule has 0 radical (unpaired) electrons. The van der Waals surface area contributed by atoms with Crippen molar-refractivity contribution in [2.45, 2.75) is 39.5 Å². The van der Waals surface area contributed by atoms with E-state index in [4.69, 9.17) is 16.3 Å². The lowest BCUT2D eigenvalue weighted by molar-refractivity contribution is 0.102. The van der Waals surface area contributed by atoms with Gasteiger partial charge in [-0.2, -0.15) is 0 Å². The van der Waals surface area contributed by atoms with E-state index in [0.717, 1.165) is 41.6 Å². The van der Waals surface area contributed by atoms with E-state index < -0.39 is 15.9 Å². The summed E-state index contributed by atoms with van der Waals surface area (Å²) >= 11 is 0. The zero-order valence-electron chi connectivity index (χ0n) is 26.1. The van der Waals surface area contributed by atoms with Gasteiger partial charge in [-0.05, 0) is 74.0 Å². The Morgan fingerprint density at radius 3 is 2.28 bits per heavy atom. The van der Waals surface area contributed by atoms with Crippen LogP contribution >= 0.6 is 0 Å². The van der Waals surface area contributed by atoms with Crippen LogP contribution in [0.2, 0.25) is 0 Å². The third-order valence-electron chi connectivity index (χ3n) is 6.70. The molecule has 0 fully saturated rings. The number of carbonyl (C=O) groups is 1. The molecule has 0 aliphatic rings. The lowest BCUT2D eigenvalue weighted by Crippen LogP contribution is -2.27. The summed E-state index contributed by atoms with van der Waals surface area (Å²) in [5.74, 6) is 6.15. The maximum Gasteiger partial charge on any atom is 0.255 e. The Kier molecular flexibility index (Phi) is 10.4. The van der Waals surface area contributed by atoms with Crippen LogP contribution in [0.5, 0.6) is 5.75 Å². The van der Waals surface area contributed by atoms with E-state index in [1.165, 1.54) is 12.1 Å². The first-order chi connectivity index (χ1) is 20.0. The van der Waals surface area contributed by atoms with Crippen molar-refractivity contribution in [2.75, 3.05) is 49.1 Å². The molecule has 0 atom stereocenters. The molecule has 1 aromatic heterocycles. The molecular weight excluding hydrogens is 566 g/mol. The van der Waals surface area contributed by atoms with Gasteiger partial charge in [0.15, 0.2) is 5.75 Å². The molecule has 0 saturated heterocycles. The number of sulfonamides is 1. The van der Waals surface area contributed by atoms with Crippen molar-refractivity contribution >= 4 is 38.7 Å². The van der Waals surface area contributed by atoms with E-state index in [1.807, 2.05) is 53.9 Å². The summed E-state index contributed by atoms with van der Waals surface area (Å²) in [5.41, 5.74) is 11.2. The second-order valence-corrected chi connectivity index (χ2v) is 13.5. The van der Waals surface area contributed by atoms with Gasteiger partial charge in [0, 0.05) is 42.2 Å². The summed E-state index contributed by atoms with van der Waals surface area (Å²) in [7, 11) is 1.83. The second kappa shape index (κ2) is 13.4. The first-order valence-corrected chi connectivity index (χ1v) is 15.6. The highest BCUT2D eigenvalue weighted by molar-refractivity contribution is 7.92. The molecule has 3 aromatic rings. The van der Waals surface area contributed by atoms with E-state index in [-0.39, 0.29) is 16.9 Å². The second-order valence-electron chi connectivity index (χ2n) is 11.8. The van der Waals surface area contributed by atoms with Crippen LogP contribution in [-0.4, -0.2) is 58.2 Å². The number of aromatic nitrogens is 1. The van der Waals surface area contributed by atoms with E-state index in [9.17, 15) is 13.2 Å². The molecule has 232 valence electrons. The molecule has 0 aliphatic heterocycles. The molecule has 43 heavy (non-hydrogen) atoms. The Bertz CT molecular complexity index is 1600. The Labute approximate surface area is 254 Å². The fourth-order valence-electron chi connectivity index (χ4n) is 4.25. The smallest absolute Gasteiger partial charge is 0.255 e. The number of benzene rings is 2. The molecule has 2 aromatic carbocycles. The molecule has 6 N–H and O–H groups in total. The van der Waals surface area contributed by atoms with Crippen LogP contribution in [-0.2, 0) is 21.9 Å². The maximum atomic E-state index is 13.5. The molecule has 11 nitrogen and oxygen atoms in total. The minimum atomic E-state index is -3.61. The third kappa shape index (κ3) is 9.18. The van der Waals surface area contributed by atoms with Crippen LogP contribution in [0.4, 0.5) is 17.1 Å². The molecule has 0 spiro atoms. The van der Waals surface area contributed by atoms with Gasteiger partial charge in [-0.25, -0.2) is 14.3 Å². The highest BCUT2D eigenvalue weighted by atomic mass is 32.2. The minimum absolute atomic E-state index is 0.191. The number of nitrogens with zero attached hydrogens (tertiary/aromatic N) is 3. The van der Waals surface area contributed by atoms with E-state index in [2.05, 4.69) is 19.9 Å². The highest BCUT2D eigenvalue weighted by Gasteiger charge is 2.23. The Morgan fingerprint density at radius 2 is 1.72 bits per heavy atom. The number of nitrogens with two attached hydrogens (primary N) is 2. The van der Waals surface area contributed by atoms with Gasteiger partial charge in [-0.3, -0.25) is 19.5 Å². The molecule has 12 heteroatoms. The zero-order valence-corrected chi connectivity index (χ0v) is 27.0. The van der Waals surface area contributed by atoms with Gasteiger partial charge in [0.25, 0.3) is 5.91 Å². The van der Waals surface area contributed by atoms with Crippen molar-refractivity contribution in [1.82, 2.24) is 9.88 Å². The normalized spacial score (nSPS) is 12.3. The van der Waals surface area contributed by atoms with Crippen LogP contribution < -0.4 is 31.4 Å². The summed E-state index contributed by atoms with van der Waals surface area (Å²) in [5, 5.41) is 4.25. The topological polar surface area (TPSA) is 156 Å². The number of hydrazine groups is 1. The number of amides is 1. The molecule has 0 saturated carbocycles. The first-order valence-electron chi connectivity index (χ1n) is 13.7. The van der Waals surface area contributed by atoms with Crippen molar-refractivity contribution < 1.29 is 17.9 Å². The Balaban J connectivity index is 1.90. The number of pyridine rings is 1. The van der Waals surface area contributed by atoms with Crippen molar-refractivity contribution in [3.8, 4) is 5.75 Å². The Hall–Kier alpha value is -4.13. The zero-order chi connectivity index (χ0) is 32.1. The first kappa shape index (κ1) is 33.4. The van der Waals surface area contributed by atoms with Crippen LogP contribution in [0.25, 0.3) is 5.70 Å². The number of rotatable bonds is 11. The average Bonchev–Trinajstić information content (AvgIpc) is 2.90. The summed E-state index contributed by atoms with van der Waals surface area (Å²) in [4.78, 5) is 20.1. The molecule has 0 aliphatic carbocycles. The SMILES string of the molecule is COc1c(NC(=O)c2ccc(C)c(N(N)/C=C(\N)c3ccc(CCN(C)C)nc3)c2)cc(C(C)(C)C)cc1NS(C)(=O)=O. The number of methoxy groups -OCH3 is 1. The van der Waals surface area contributed by atoms with Crippen LogP contribution in [0.3, 0.4) is 0 Å². The Morgan fingerprint density at radius 1 is 1.07 bits per heavy atom. The van der Waals surface area contributed by atoms with Crippen molar-refractivity contribution in [2.24, 2.45) is 11.6 Å². The number of ether oxygens (including phenoxy) is 1. The summed E-state index contributed by atoms with van der Waals surface area (Å²) in [6.45, 7) is 8.73. The molecule has 1 amide bonds. The fraction of sp³-hybridized carbons (Fsp3) is 0.355. The summed E-state index contributed by atoms with van der Waals surface area (Å²) in [6, 6.07) is 12.5. The molecule has 0 bridgehead atoms. The predicted molar refractivity (Wildman–Crippen MR) is 175 cm³/mol. The van der Waals surface area contributed by atoms with E-state index in [0.29, 0.717) is 22.6 Å². The van der Waals surface area contributed by atoms with Crippen LogP contribution in [0, 0.1) is 6.92 Å². The summed E-state index contributed by atoms with van der Waals surface area (Å²) < 4.78 is 32.1. The average molecular weight is 610 g/mol. The molecule has 0 unspecified atom stereocenters. The van der Waals surface area contributed by atoms with Crippen LogP contribution in [0.1, 0.15) is 53.5 Å². The number of hydrogen-bond acceptors (Lipinski definition) is 9. The van der Waals surface area contributed by atoms with Gasteiger partial charge >= 0.3 is 0 Å². The van der Waals surface area contributed by atoms with Crippen LogP contribution in [0.15, 0.2) is 54.9 Å². The quantitative estimate of drug-likeness (QED) is 0.186. The number of nitrogens with one attached hydrogen (secondary N) is 2. The number of anilines is 3. The van der Waals surface area contributed by atoms with E-state index in [1.54, 1.807) is 42.7 Å². The third-order valence-corrected chi connectivity index (χ3v) is 7.29. The highest BCUT2D eigenvalue weighted by Crippen LogP contribution is 2.39. The fourth-order valence-corrected chi connectivity index (χ4v) is 4.80. The number of carbonyl (C=O) groups excluding carboxylic acids is 1. The monoisotopic (exact) mass is 609 g/mol. The lowest BCUT2D eigenvalue weighted by Gasteiger charge is -2.24. The standard InChI is InChI=1S/C31H43N7O4S/c1-20-9-10-21(15-28(20)38(33)19-25(32)22-11-12-24(34-18-22)13-14-37(5)6)30(39)35-26-16-23(31(2,3)4)17-27(29(26)42-7)36-43(8,40)41/h9-12,15-19,36H,13-14,32-33H2,1-8H3,(H,35,39)/b25-19-. The van der Waals surface area contributed by atoms with Crippen molar-refractivity contribution in [1.29, 1.82) is 0 Å². The maximum absolute atomic E-state index is 13.5. The number of likely N-dealkylation sites (N-methyl/N-ethyl adjacent to an activating group) is 1. The van der Waals surface area contributed by atoms with Gasteiger partial charge in [-0.1, -0.05) is 26.8 Å².